The van der Waals surface area contributed by atoms with E-state index in [2.05, 4.69) is 62.5 Å². The first kappa shape index (κ1) is 54.3. The lowest BCUT2D eigenvalue weighted by Gasteiger charge is -2.31. The molecule has 0 aromatic rings. The number of esters is 2. The molecule has 2 atom stereocenters. The standard InChI is InChI=1S/C49H87NO7/c1-6-8-10-12-14-16-18-20-22-23-24-25-26-28-29-31-33-35-37-39-47(51)56-44-45(43-55-42-41-46(49(53)54)50(3,4)5)57-48(52)40-38-36-34-32-30-27-21-19-17-15-13-11-9-7-2/h9,11,15,17,21,23-24,27,45-46H,6-8,10,12-14,16,18-20,22,25-26,28-44H2,1-5H3/p+1/b11-9+,17-15+,24-23+,27-21+. The second kappa shape index (κ2) is 40.1. The molecule has 0 aliphatic rings. The van der Waals surface area contributed by atoms with Gasteiger partial charge in [0.25, 0.3) is 0 Å². The number of rotatable bonds is 41. The number of nitrogens with zero attached hydrogens (tertiary/aromatic N) is 1. The third kappa shape index (κ3) is 38.6. The zero-order chi connectivity index (χ0) is 42.1. The molecule has 0 aliphatic carbocycles. The van der Waals surface area contributed by atoms with Crippen molar-refractivity contribution in [1.29, 1.82) is 0 Å². The summed E-state index contributed by atoms with van der Waals surface area (Å²) in [5.41, 5.74) is 0. The van der Waals surface area contributed by atoms with Gasteiger partial charge in [0.05, 0.1) is 34.4 Å². The molecule has 0 saturated heterocycles. The number of carboxylic acids is 1. The first-order valence-corrected chi connectivity index (χ1v) is 23.2. The Morgan fingerprint density at radius 2 is 0.982 bits per heavy atom. The van der Waals surface area contributed by atoms with Crippen LogP contribution in [0.1, 0.15) is 194 Å². The predicted octanol–water partition coefficient (Wildman–Crippen LogP) is 12.8. The number of likely N-dealkylation sites (N-methyl/N-ethyl adjacent to an activating group) is 1. The van der Waals surface area contributed by atoms with E-state index in [0.717, 1.165) is 70.6 Å². The number of ether oxygens (including phenoxy) is 3. The Morgan fingerprint density at radius 1 is 0.544 bits per heavy atom. The van der Waals surface area contributed by atoms with E-state index in [1.165, 1.54) is 89.9 Å². The molecule has 0 saturated carbocycles. The number of allylic oxidation sites excluding steroid dienone is 8. The maximum atomic E-state index is 12.7. The summed E-state index contributed by atoms with van der Waals surface area (Å²) >= 11 is 0. The molecule has 0 heterocycles. The van der Waals surface area contributed by atoms with E-state index in [4.69, 9.17) is 14.2 Å². The SMILES string of the molecule is CC/C=C/C/C=C/C/C=C/CCCCCCC(=O)OC(COCCC(C(=O)O)[N+](C)(C)C)COC(=O)CCCCCCCCC/C=C/CCCCCCCCCC. The van der Waals surface area contributed by atoms with Gasteiger partial charge in [-0.05, 0) is 70.6 Å². The van der Waals surface area contributed by atoms with Crippen molar-refractivity contribution in [3.05, 3.63) is 48.6 Å². The van der Waals surface area contributed by atoms with Crippen molar-refractivity contribution in [2.75, 3.05) is 41.0 Å². The van der Waals surface area contributed by atoms with Crippen molar-refractivity contribution >= 4 is 17.9 Å². The predicted molar refractivity (Wildman–Crippen MR) is 238 cm³/mol. The van der Waals surface area contributed by atoms with Crippen LogP contribution in [0.5, 0.6) is 0 Å². The molecule has 8 nitrogen and oxygen atoms in total. The summed E-state index contributed by atoms with van der Waals surface area (Å²) in [6.45, 7) is 4.60. The first-order chi connectivity index (χ1) is 27.6. The van der Waals surface area contributed by atoms with Gasteiger partial charge in [-0.3, -0.25) is 9.59 Å². The van der Waals surface area contributed by atoms with Crippen LogP contribution in [0.15, 0.2) is 48.6 Å². The van der Waals surface area contributed by atoms with Gasteiger partial charge in [0, 0.05) is 19.3 Å². The van der Waals surface area contributed by atoms with E-state index in [9.17, 15) is 19.5 Å². The highest BCUT2D eigenvalue weighted by molar-refractivity contribution is 5.72. The highest BCUT2D eigenvalue weighted by Gasteiger charge is 2.31. The Kier molecular flexibility index (Phi) is 38.2. The molecule has 0 aromatic heterocycles. The molecule has 0 aromatic carbocycles. The van der Waals surface area contributed by atoms with E-state index in [-0.39, 0.29) is 36.2 Å². The zero-order valence-electron chi connectivity index (χ0n) is 37.5. The van der Waals surface area contributed by atoms with E-state index < -0.39 is 18.1 Å². The fourth-order valence-corrected chi connectivity index (χ4v) is 6.63. The summed E-state index contributed by atoms with van der Waals surface area (Å²) in [6, 6.07) is -0.620. The number of carbonyl (C=O) groups excluding carboxylic acids is 2. The summed E-state index contributed by atoms with van der Waals surface area (Å²) < 4.78 is 17.3. The molecule has 8 heteroatoms. The van der Waals surface area contributed by atoms with Gasteiger partial charge in [-0.15, -0.1) is 0 Å². The number of aliphatic carboxylic acids is 1. The molecule has 0 aliphatic heterocycles. The average molecular weight is 803 g/mol. The number of unbranched alkanes of at least 4 members (excludes halogenated alkanes) is 19. The molecular formula is C49H88NO7+. The van der Waals surface area contributed by atoms with Crippen molar-refractivity contribution < 1.29 is 38.2 Å². The molecule has 0 fully saturated rings. The van der Waals surface area contributed by atoms with Crippen molar-refractivity contribution in [2.24, 2.45) is 0 Å². The third-order valence-corrected chi connectivity index (χ3v) is 10.2. The van der Waals surface area contributed by atoms with E-state index in [1.54, 1.807) is 0 Å². The second-order valence-corrected chi connectivity index (χ2v) is 16.6. The highest BCUT2D eigenvalue weighted by atomic mass is 16.6. The fourth-order valence-electron chi connectivity index (χ4n) is 6.63. The van der Waals surface area contributed by atoms with Crippen LogP contribution < -0.4 is 0 Å². The van der Waals surface area contributed by atoms with Crippen LogP contribution >= 0.6 is 0 Å². The van der Waals surface area contributed by atoms with Crippen LogP contribution in [-0.4, -0.2) is 80.6 Å². The maximum Gasteiger partial charge on any atom is 0.362 e. The number of carbonyl (C=O) groups is 3. The Labute approximate surface area is 350 Å². The summed E-state index contributed by atoms with van der Waals surface area (Å²) in [5.74, 6) is -1.50. The molecule has 0 amide bonds. The minimum atomic E-state index is -0.880. The summed E-state index contributed by atoms with van der Waals surface area (Å²) in [6.07, 6.45) is 47.3. The summed E-state index contributed by atoms with van der Waals surface area (Å²) in [7, 11) is 5.52. The van der Waals surface area contributed by atoms with Gasteiger partial charge >= 0.3 is 17.9 Å². The second-order valence-electron chi connectivity index (χ2n) is 16.6. The monoisotopic (exact) mass is 803 g/mol. The normalized spacial score (nSPS) is 13.4. The Morgan fingerprint density at radius 3 is 1.47 bits per heavy atom. The molecule has 0 radical (unpaired) electrons. The number of hydrogen-bond donors (Lipinski definition) is 1. The van der Waals surface area contributed by atoms with Gasteiger partial charge in [0.2, 0.25) is 0 Å². The highest BCUT2D eigenvalue weighted by Crippen LogP contribution is 2.14. The Hall–Kier alpha value is -2.71. The molecule has 0 spiro atoms. The lowest BCUT2D eigenvalue weighted by atomic mass is 10.1. The number of carboxylic acid groups (broad SMARTS) is 1. The largest absolute Gasteiger partial charge is 0.477 e. The van der Waals surface area contributed by atoms with Gasteiger partial charge in [-0.1, -0.05) is 152 Å². The first-order valence-electron chi connectivity index (χ1n) is 23.2. The quantitative estimate of drug-likeness (QED) is 0.0284. The van der Waals surface area contributed by atoms with Crippen molar-refractivity contribution in [1.82, 2.24) is 0 Å². The zero-order valence-corrected chi connectivity index (χ0v) is 37.5. The molecule has 1 N–H and O–H groups in total. The van der Waals surface area contributed by atoms with E-state index in [0.29, 0.717) is 19.3 Å². The van der Waals surface area contributed by atoms with Crippen LogP contribution in [0.2, 0.25) is 0 Å². The van der Waals surface area contributed by atoms with Gasteiger partial charge < -0.3 is 23.8 Å². The minimum Gasteiger partial charge on any atom is -0.477 e. The van der Waals surface area contributed by atoms with Crippen LogP contribution in [0.4, 0.5) is 0 Å². The summed E-state index contributed by atoms with van der Waals surface area (Å²) in [4.78, 5) is 37.0. The van der Waals surface area contributed by atoms with Gasteiger partial charge in [-0.25, -0.2) is 4.79 Å². The van der Waals surface area contributed by atoms with Crippen LogP contribution in [0, 0.1) is 0 Å². The third-order valence-electron chi connectivity index (χ3n) is 10.2. The number of quaternary nitrogens is 1. The molecule has 0 rings (SSSR count). The van der Waals surface area contributed by atoms with Crippen LogP contribution in [0.3, 0.4) is 0 Å². The van der Waals surface area contributed by atoms with Crippen LogP contribution in [0.25, 0.3) is 0 Å². The van der Waals surface area contributed by atoms with Gasteiger partial charge in [0.1, 0.15) is 6.61 Å². The van der Waals surface area contributed by atoms with Gasteiger partial charge in [-0.2, -0.15) is 0 Å². The average Bonchev–Trinajstić information content (AvgIpc) is 3.17. The Balaban J connectivity index is 4.32. The smallest absolute Gasteiger partial charge is 0.362 e. The van der Waals surface area contributed by atoms with Crippen molar-refractivity contribution in [3.63, 3.8) is 0 Å². The molecule has 2 unspecified atom stereocenters. The van der Waals surface area contributed by atoms with Crippen molar-refractivity contribution in [2.45, 2.75) is 206 Å². The lowest BCUT2D eigenvalue weighted by Crippen LogP contribution is -2.50. The lowest BCUT2D eigenvalue weighted by molar-refractivity contribution is -0.887. The van der Waals surface area contributed by atoms with Crippen molar-refractivity contribution in [3.8, 4) is 0 Å². The molecule has 57 heavy (non-hydrogen) atoms. The topological polar surface area (TPSA) is 99.1 Å². The molecule has 0 bridgehead atoms. The Bertz CT molecular complexity index is 1070. The van der Waals surface area contributed by atoms with E-state index in [1.807, 2.05) is 21.1 Å². The van der Waals surface area contributed by atoms with E-state index >= 15 is 0 Å². The molecular weight excluding hydrogens is 715 g/mol. The van der Waals surface area contributed by atoms with Gasteiger partial charge in [0.15, 0.2) is 12.1 Å². The summed E-state index contributed by atoms with van der Waals surface area (Å²) in [5, 5.41) is 9.62. The molecule has 330 valence electrons. The fraction of sp³-hybridized carbons (Fsp3) is 0.776. The number of hydrogen-bond acceptors (Lipinski definition) is 6. The maximum absolute atomic E-state index is 12.7. The minimum absolute atomic E-state index is 0.0501. The van der Waals surface area contributed by atoms with Crippen LogP contribution in [-0.2, 0) is 28.6 Å².